The van der Waals surface area contributed by atoms with Crippen LogP contribution in [0.5, 0.6) is 0 Å². The van der Waals surface area contributed by atoms with Crippen molar-refractivity contribution >= 4 is 11.9 Å². The fourth-order valence-electron chi connectivity index (χ4n) is 8.99. The maximum absolute atomic E-state index is 13.6. The highest BCUT2D eigenvalue weighted by atomic mass is 16.5. The SMILES string of the molecule is CC(=O)OCC[C@@]12C3C4[C@@H]5[C@H]4[C@@H](n4c(=O)n(-c6ccccc6)c(=O)n4[C@@H]51)[C@@]32CCOC(C)=O. The van der Waals surface area contributed by atoms with Crippen LogP contribution in [0.4, 0.5) is 0 Å². The van der Waals surface area contributed by atoms with Crippen molar-refractivity contribution in [3.05, 3.63) is 51.3 Å². The third kappa shape index (κ3) is 1.94. The van der Waals surface area contributed by atoms with Gasteiger partial charge >= 0.3 is 23.3 Å². The van der Waals surface area contributed by atoms with E-state index in [-0.39, 0.29) is 46.2 Å². The van der Waals surface area contributed by atoms with Crippen molar-refractivity contribution in [2.75, 3.05) is 13.2 Å². The van der Waals surface area contributed by atoms with Crippen molar-refractivity contribution in [1.82, 2.24) is 13.9 Å². The summed E-state index contributed by atoms with van der Waals surface area (Å²) in [4.78, 5) is 50.2. The molecule has 6 aliphatic rings. The Kier molecular flexibility index (Phi) is 3.45. The van der Waals surface area contributed by atoms with Gasteiger partial charge in [-0.15, -0.1) is 0 Å². The highest BCUT2D eigenvalue weighted by Gasteiger charge is 3.02. The number of aromatic nitrogens is 3. The smallest absolute Gasteiger partial charge is 0.352 e. The van der Waals surface area contributed by atoms with E-state index in [1.807, 2.05) is 18.2 Å². The van der Waals surface area contributed by atoms with Gasteiger partial charge in [-0.1, -0.05) is 18.2 Å². The first-order valence-corrected chi connectivity index (χ1v) is 11.7. The Morgan fingerprint density at radius 2 is 1.30 bits per heavy atom. The fraction of sp³-hybridized carbons (Fsp3) is 0.583. The zero-order chi connectivity index (χ0) is 22.9. The second kappa shape index (κ2) is 5.87. The molecule has 4 saturated carbocycles. The van der Waals surface area contributed by atoms with Crippen LogP contribution in [0.3, 0.4) is 0 Å². The molecule has 2 aromatic rings. The molecule has 1 aromatic heterocycles. The lowest BCUT2D eigenvalue weighted by Gasteiger charge is -2.48. The average Bonchev–Trinajstić information content (AvgIpc) is 3.51. The monoisotopic (exact) mass is 451 g/mol. The van der Waals surface area contributed by atoms with Gasteiger partial charge in [0.05, 0.1) is 31.0 Å². The van der Waals surface area contributed by atoms with E-state index in [0.717, 1.165) is 0 Å². The van der Waals surface area contributed by atoms with Gasteiger partial charge in [0.1, 0.15) is 0 Å². The Morgan fingerprint density at radius 1 is 0.818 bits per heavy atom. The predicted molar refractivity (Wildman–Crippen MR) is 114 cm³/mol. The summed E-state index contributed by atoms with van der Waals surface area (Å²) in [5, 5.41) is 0. The third-order valence-electron chi connectivity index (χ3n) is 9.45. The Labute approximate surface area is 188 Å². The van der Waals surface area contributed by atoms with E-state index in [4.69, 9.17) is 9.47 Å². The molecular weight excluding hydrogens is 426 g/mol. The van der Waals surface area contributed by atoms with Crippen LogP contribution in [0.1, 0.15) is 38.8 Å². The van der Waals surface area contributed by atoms with E-state index in [0.29, 0.717) is 55.4 Å². The Balaban J connectivity index is 1.37. The van der Waals surface area contributed by atoms with Crippen LogP contribution in [0.25, 0.3) is 5.69 Å². The molecule has 0 N–H and O–H groups in total. The zero-order valence-corrected chi connectivity index (χ0v) is 18.5. The van der Waals surface area contributed by atoms with Crippen molar-refractivity contribution in [2.24, 2.45) is 34.5 Å². The maximum atomic E-state index is 13.6. The van der Waals surface area contributed by atoms with E-state index < -0.39 is 0 Å². The molecule has 172 valence electrons. The number of nitrogens with zero attached hydrogens (tertiary/aromatic N) is 3. The first-order chi connectivity index (χ1) is 15.9. The van der Waals surface area contributed by atoms with E-state index in [9.17, 15) is 19.2 Å². The molecule has 2 unspecified atom stereocenters. The predicted octanol–water partition coefficient (Wildman–Crippen LogP) is 1.29. The molecule has 3 heterocycles. The van der Waals surface area contributed by atoms with Gasteiger partial charge < -0.3 is 9.47 Å². The molecule has 4 aliphatic carbocycles. The molecule has 9 nitrogen and oxygen atoms in total. The van der Waals surface area contributed by atoms with Crippen molar-refractivity contribution in [2.45, 2.75) is 38.8 Å². The quantitative estimate of drug-likeness (QED) is 0.588. The normalized spacial score (nSPS) is 39.2. The molecule has 33 heavy (non-hydrogen) atoms. The van der Waals surface area contributed by atoms with Crippen LogP contribution in [0, 0.1) is 34.5 Å². The number of para-hydroxylation sites is 1. The van der Waals surface area contributed by atoms with E-state index >= 15 is 0 Å². The second-order valence-corrected chi connectivity index (χ2v) is 10.3. The van der Waals surface area contributed by atoms with Crippen molar-refractivity contribution in [1.29, 1.82) is 0 Å². The Bertz CT molecular complexity index is 1260. The number of carbonyl (C=O) groups excluding carboxylic acids is 2. The molecule has 0 spiro atoms. The van der Waals surface area contributed by atoms with Gasteiger partial charge in [-0.05, 0) is 48.6 Å². The summed E-state index contributed by atoms with van der Waals surface area (Å²) in [5.74, 6) is 1.03. The first kappa shape index (κ1) is 19.4. The van der Waals surface area contributed by atoms with Gasteiger partial charge in [0, 0.05) is 24.7 Å². The summed E-state index contributed by atoms with van der Waals surface area (Å²) in [7, 11) is 0. The van der Waals surface area contributed by atoms with Crippen LogP contribution in [-0.2, 0) is 19.1 Å². The zero-order valence-electron chi connectivity index (χ0n) is 18.5. The topological polar surface area (TPSA) is 102 Å². The van der Waals surface area contributed by atoms with E-state index in [2.05, 4.69) is 0 Å². The van der Waals surface area contributed by atoms with Gasteiger partial charge in [0.25, 0.3) is 0 Å². The molecule has 2 aliphatic heterocycles. The lowest BCUT2D eigenvalue weighted by molar-refractivity contribution is -0.144. The van der Waals surface area contributed by atoms with Gasteiger partial charge in [-0.2, -0.15) is 0 Å². The van der Waals surface area contributed by atoms with Crippen molar-refractivity contribution in [3.8, 4) is 5.69 Å². The fourth-order valence-corrected chi connectivity index (χ4v) is 8.99. The maximum Gasteiger partial charge on any atom is 0.352 e. The highest BCUT2D eigenvalue weighted by molar-refractivity contribution is 5.66. The lowest BCUT2D eigenvalue weighted by atomic mass is 9.68. The minimum atomic E-state index is -0.318. The van der Waals surface area contributed by atoms with Gasteiger partial charge in [0.15, 0.2) is 0 Å². The molecule has 9 heteroatoms. The van der Waals surface area contributed by atoms with Crippen LogP contribution in [-0.4, -0.2) is 39.1 Å². The largest absolute Gasteiger partial charge is 0.466 e. The summed E-state index contributed by atoms with van der Waals surface area (Å²) in [5.41, 5.74) is -0.414. The number of carbonyl (C=O) groups is 2. The summed E-state index contributed by atoms with van der Waals surface area (Å²) in [6.45, 7) is 3.40. The molecule has 8 rings (SSSR count). The average molecular weight is 451 g/mol. The lowest BCUT2D eigenvalue weighted by Crippen LogP contribution is -2.53. The van der Waals surface area contributed by atoms with Gasteiger partial charge in [0.2, 0.25) is 0 Å². The third-order valence-corrected chi connectivity index (χ3v) is 9.45. The summed E-state index contributed by atoms with van der Waals surface area (Å²) < 4.78 is 15.4. The molecule has 4 fully saturated rings. The summed E-state index contributed by atoms with van der Waals surface area (Å²) in [6.07, 6.45) is 1.32. The number of ether oxygens (including phenoxy) is 2. The van der Waals surface area contributed by atoms with Gasteiger partial charge in [-0.3, -0.25) is 9.59 Å². The van der Waals surface area contributed by atoms with Gasteiger partial charge in [-0.25, -0.2) is 23.5 Å². The first-order valence-electron chi connectivity index (χ1n) is 11.7. The van der Waals surface area contributed by atoms with Crippen molar-refractivity contribution in [3.63, 3.8) is 0 Å². The Morgan fingerprint density at radius 3 is 1.76 bits per heavy atom. The van der Waals surface area contributed by atoms with E-state index in [1.165, 1.54) is 18.4 Å². The highest BCUT2D eigenvalue weighted by Crippen LogP contribution is 3.03. The standard InChI is InChI=1S/C24H25N3O6/c1-12(28)32-10-8-23-18-15-16-17(15)20(24(18,23)9-11-33-13(2)29)27-22(31)25(14-6-4-3-5-7-14)21(30)26(27)19(16)23/h3-7,15-20H,8-11H2,1-2H3/t15?,16-,17+,18?,19+,20-,23-,24-/m1/s1. The second-order valence-electron chi connectivity index (χ2n) is 10.3. The molecular formula is C24H25N3O6. The minimum absolute atomic E-state index is 0.0828. The Hall–Kier alpha value is -3.10. The minimum Gasteiger partial charge on any atom is -0.466 e. The van der Waals surface area contributed by atoms with Crippen LogP contribution < -0.4 is 11.4 Å². The van der Waals surface area contributed by atoms with Crippen molar-refractivity contribution < 1.29 is 19.1 Å². The molecule has 0 radical (unpaired) electrons. The summed E-state index contributed by atoms with van der Waals surface area (Å²) >= 11 is 0. The molecule has 1 aromatic carbocycles. The van der Waals surface area contributed by atoms with Crippen LogP contribution in [0.15, 0.2) is 39.9 Å². The molecule has 0 saturated heterocycles. The number of esters is 2. The van der Waals surface area contributed by atoms with Crippen LogP contribution >= 0.6 is 0 Å². The number of rotatable bonds is 7. The summed E-state index contributed by atoms with van der Waals surface area (Å²) in [6, 6.07) is 8.87. The van der Waals surface area contributed by atoms with E-state index in [1.54, 1.807) is 21.5 Å². The molecule has 0 amide bonds. The number of benzene rings is 1. The molecule has 8 atom stereocenters. The molecule has 2 bridgehead atoms. The number of hydrogen-bond acceptors (Lipinski definition) is 6. The van der Waals surface area contributed by atoms with Crippen LogP contribution in [0.2, 0.25) is 0 Å². The number of hydrogen-bond donors (Lipinski definition) is 0.